The SMILES string of the molecule is CC(c1cccc([N+](=O)[O-])c1)N(C)C(=O)C1CCCNC1. The van der Waals surface area contributed by atoms with Crippen LogP contribution in [-0.4, -0.2) is 35.9 Å². The molecule has 6 nitrogen and oxygen atoms in total. The predicted octanol–water partition coefficient (Wildman–Crippen LogP) is 2.11. The number of amides is 1. The van der Waals surface area contributed by atoms with Crippen molar-refractivity contribution in [3.8, 4) is 0 Å². The van der Waals surface area contributed by atoms with Gasteiger partial charge >= 0.3 is 0 Å². The third-order valence-electron chi connectivity index (χ3n) is 4.14. The second-order valence-corrected chi connectivity index (χ2v) is 5.52. The molecule has 0 saturated carbocycles. The molecule has 1 aromatic rings. The minimum Gasteiger partial charge on any atom is -0.339 e. The standard InChI is InChI=1S/C15H21N3O3/c1-11(12-5-3-7-14(9-12)18(20)21)17(2)15(19)13-6-4-8-16-10-13/h3,5,7,9,11,13,16H,4,6,8,10H2,1-2H3. The number of benzene rings is 1. The summed E-state index contributed by atoms with van der Waals surface area (Å²) in [5.74, 6) is 0.103. The molecule has 21 heavy (non-hydrogen) atoms. The third kappa shape index (κ3) is 3.58. The van der Waals surface area contributed by atoms with E-state index in [1.54, 1.807) is 18.0 Å². The first-order chi connectivity index (χ1) is 10.0. The first kappa shape index (κ1) is 15.4. The fraction of sp³-hybridized carbons (Fsp3) is 0.533. The van der Waals surface area contributed by atoms with Crippen LogP contribution in [0.15, 0.2) is 24.3 Å². The molecule has 1 N–H and O–H groups in total. The lowest BCUT2D eigenvalue weighted by Gasteiger charge is -2.31. The highest BCUT2D eigenvalue weighted by atomic mass is 16.6. The lowest BCUT2D eigenvalue weighted by molar-refractivity contribution is -0.384. The zero-order valence-electron chi connectivity index (χ0n) is 12.4. The van der Waals surface area contributed by atoms with Crippen LogP contribution in [0, 0.1) is 16.0 Å². The van der Waals surface area contributed by atoms with Gasteiger partial charge in [-0.3, -0.25) is 14.9 Å². The molecule has 1 aliphatic heterocycles. The molecule has 1 aromatic carbocycles. The van der Waals surface area contributed by atoms with Gasteiger partial charge in [0.15, 0.2) is 0 Å². The first-order valence-electron chi connectivity index (χ1n) is 7.22. The van der Waals surface area contributed by atoms with Crippen molar-refractivity contribution < 1.29 is 9.72 Å². The largest absolute Gasteiger partial charge is 0.339 e. The fourth-order valence-corrected chi connectivity index (χ4v) is 2.66. The summed E-state index contributed by atoms with van der Waals surface area (Å²) in [6, 6.07) is 6.29. The predicted molar refractivity (Wildman–Crippen MR) is 79.9 cm³/mol. The van der Waals surface area contributed by atoms with E-state index < -0.39 is 4.92 Å². The molecule has 0 aliphatic carbocycles. The van der Waals surface area contributed by atoms with E-state index in [1.807, 2.05) is 13.0 Å². The maximum absolute atomic E-state index is 12.5. The number of hydrogen-bond acceptors (Lipinski definition) is 4. The van der Waals surface area contributed by atoms with Gasteiger partial charge in [-0.25, -0.2) is 0 Å². The quantitative estimate of drug-likeness (QED) is 0.681. The molecular formula is C15H21N3O3. The van der Waals surface area contributed by atoms with Crippen molar-refractivity contribution in [2.75, 3.05) is 20.1 Å². The number of piperidine rings is 1. The topological polar surface area (TPSA) is 75.5 Å². The van der Waals surface area contributed by atoms with Gasteiger partial charge in [0.25, 0.3) is 5.69 Å². The van der Waals surface area contributed by atoms with Crippen LogP contribution in [-0.2, 0) is 4.79 Å². The molecule has 1 saturated heterocycles. The molecule has 1 aliphatic rings. The molecule has 0 radical (unpaired) electrons. The van der Waals surface area contributed by atoms with Crippen molar-refractivity contribution in [3.63, 3.8) is 0 Å². The highest BCUT2D eigenvalue weighted by Gasteiger charge is 2.27. The molecule has 0 spiro atoms. The number of carbonyl (C=O) groups is 1. The number of nitro groups is 1. The van der Waals surface area contributed by atoms with Crippen molar-refractivity contribution in [1.29, 1.82) is 0 Å². The number of nitrogens with zero attached hydrogens (tertiary/aromatic N) is 2. The summed E-state index contributed by atoms with van der Waals surface area (Å²) in [7, 11) is 1.76. The van der Waals surface area contributed by atoms with Gasteiger partial charge in [0.05, 0.1) is 16.9 Å². The number of hydrogen-bond donors (Lipinski definition) is 1. The van der Waals surface area contributed by atoms with E-state index in [0.717, 1.165) is 24.9 Å². The van der Waals surface area contributed by atoms with Crippen LogP contribution in [0.4, 0.5) is 5.69 Å². The Balaban J connectivity index is 2.10. The van der Waals surface area contributed by atoms with E-state index in [9.17, 15) is 14.9 Å². The van der Waals surface area contributed by atoms with Gasteiger partial charge in [-0.15, -0.1) is 0 Å². The van der Waals surface area contributed by atoms with Crippen molar-refractivity contribution in [2.45, 2.75) is 25.8 Å². The Morgan fingerprint density at radius 1 is 1.52 bits per heavy atom. The lowest BCUT2D eigenvalue weighted by atomic mass is 9.97. The molecule has 1 fully saturated rings. The smallest absolute Gasteiger partial charge is 0.269 e. The van der Waals surface area contributed by atoms with E-state index >= 15 is 0 Å². The summed E-state index contributed by atoms with van der Waals surface area (Å²) in [4.78, 5) is 24.6. The molecule has 0 bridgehead atoms. The minimum atomic E-state index is -0.414. The second-order valence-electron chi connectivity index (χ2n) is 5.52. The van der Waals surface area contributed by atoms with Crippen molar-refractivity contribution >= 4 is 11.6 Å². The Labute approximate surface area is 124 Å². The van der Waals surface area contributed by atoms with Crippen molar-refractivity contribution in [3.05, 3.63) is 39.9 Å². The number of nitro benzene ring substituents is 1. The second kappa shape index (κ2) is 6.67. The minimum absolute atomic E-state index is 0.00454. The normalized spacial score (nSPS) is 19.8. The van der Waals surface area contributed by atoms with Crippen LogP contribution in [0.1, 0.15) is 31.4 Å². The molecule has 1 amide bonds. The Morgan fingerprint density at radius 3 is 2.90 bits per heavy atom. The maximum atomic E-state index is 12.5. The lowest BCUT2D eigenvalue weighted by Crippen LogP contribution is -2.42. The average Bonchev–Trinajstić information content (AvgIpc) is 2.53. The number of non-ortho nitro benzene ring substituents is 1. The molecule has 114 valence electrons. The summed E-state index contributed by atoms with van der Waals surface area (Å²) >= 11 is 0. The van der Waals surface area contributed by atoms with Crippen LogP contribution < -0.4 is 5.32 Å². The van der Waals surface area contributed by atoms with Crippen LogP contribution in [0.2, 0.25) is 0 Å². The summed E-state index contributed by atoms with van der Waals surface area (Å²) in [6.07, 6.45) is 1.91. The Morgan fingerprint density at radius 2 is 2.29 bits per heavy atom. The molecular weight excluding hydrogens is 270 g/mol. The molecule has 0 aromatic heterocycles. The van der Waals surface area contributed by atoms with E-state index in [1.165, 1.54) is 12.1 Å². The van der Waals surface area contributed by atoms with E-state index in [0.29, 0.717) is 6.54 Å². The molecule has 2 atom stereocenters. The van der Waals surface area contributed by atoms with Crippen LogP contribution in [0.25, 0.3) is 0 Å². The van der Waals surface area contributed by atoms with Gasteiger partial charge < -0.3 is 10.2 Å². The van der Waals surface area contributed by atoms with Crippen molar-refractivity contribution in [1.82, 2.24) is 10.2 Å². The Hall–Kier alpha value is -1.95. The Kier molecular flexibility index (Phi) is 4.90. The number of nitrogens with one attached hydrogen (secondary N) is 1. The highest BCUT2D eigenvalue weighted by molar-refractivity contribution is 5.79. The van der Waals surface area contributed by atoms with Gasteiger partial charge in [0.1, 0.15) is 0 Å². The van der Waals surface area contributed by atoms with E-state index in [-0.39, 0.29) is 23.6 Å². The summed E-state index contributed by atoms with van der Waals surface area (Å²) in [5.41, 5.74) is 0.836. The van der Waals surface area contributed by atoms with Gasteiger partial charge in [0.2, 0.25) is 5.91 Å². The number of carbonyl (C=O) groups excluding carboxylic acids is 1. The zero-order valence-corrected chi connectivity index (χ0v) is 12.4. The van der Waals surface area contributed by atoms with Crippen LogP contribution in [0.3, 0.4) is 0 Å². The first-order valence-corrected chi connectivity index (χ1v) is 7.22. The van der Waals surface area contributed by atoms with E-state index in [4.69, 9.17) is 0 Å². The highest BCUT2D eigenvalue weighted by Crippen LogP contribution is 2.25. The number of rotatable bonds is 4. The van der Waals surface area contributed by atoms with Crippen LogP contribution in [0.5, 0.6) is 0 Å². The van der Waals surface area contributed by atoms with Gasteiger partial charge in [0, 0.05) is 25.7 Å². The average molecular weight is 291 g/mol. The zero-order chi connectivity index (χ0) is 15.4. The maximum Gasteiger partial charge on any atom is 0.269 e. The monoisotopic (exact) mass is 291 g/mol. The molecule has 1 heterocycles. The summed E-state index contributed by atoms with van der Waals surface area (Å²) < 4.78 is 0. The van der Waals surface area contributed by atoms with Gasteiger partial charge in [-0.1, -0.05) is 12.1 Å². The molecule has 2 rings (SSSR count). The van der Waals surface area contributed by atoms with Crippen LogP contribution >= 0.6 is 0 Å². The molecule has 6 heteroatoms. The summed E-state index contributed by atoms with van der Waals surface area (Å²) in [6.45, 7) is 3.58. The fourth-order valence-electron chi connectivity index (χ4n) is 2.66. The van der Waals surface area contributed by atoms with Gasteiger partial charge in [-0.2, -0.15) is 0 Å². The molecule has 2 unspecified atom stereocenters. The van der Waals surface area contributed by atoms with Gasteiger partial charge in [-0.05, 0) is 31.9 Å². The third-order valence-corrected chi connectivity index (χ3v) is 4.14. The van der Waals surface area contributed by atoms with Crippen molar-refractivity contribution in [2.24, 2.45) is 5.92 Å². The summed E-state index contributed by atoms with van der Waals surface area (Å²) in [5, 5.41) is 14.1. The Bertz CT molecular complexity index is 527. The van der Waals surface area contributed by atoms with E-state index in [2.05, 4.69) is 5.32 Å².